The average Bonchev–Trinajstić information content (AvgIpc) is 2.48. The molecule has 1 aromatic carbocycles. The second-order valence-electron chi connectivity index (χ2n) is 4.93. The van der Waals surface area contributed by atoms with Gasteiger partial charge < -0.3 is 10.6 Å². The molecule has 1 heterocycles. The summed E-state index contributed by atoms with van der Waals surface area (Å²) in [6, 6.07) is 12.5. The standard InChI is InChI=1S/C16H19N3/c1-17-15-10-5-11-16(19-15)18-14-9-4-7-12-6-2-3-8-13(12)14/h4-5,7,9-11H,2-3,6,8H2,1H3,(H2,17,18,19). The molecule has 0 saturated carbocycles. The van der Waals surface area contributed by atoms with E-state index >= 15 is 0 Å². The van der Waals surface area contributed by atoms with Gasteiger partial charge in [-0.25, -0.2) is 4.98 Å². The maximum absolute atomic E-state index is 4.51. The van der Waals surface area contributed by atoms with Gasteiger partial charge in [0.15, 0.2) is 0 Å². The molecule has 19 heavy (non-hydrogen) atoms. The summed E-state index contributed by atoms with van der Waals surface area (Å²) < 4.78 is 0. The van der Waals surface area contributed by atoms with E-state index in [0.29, 0.717) is 0 Å². The number of hydrogen-bond donors (Lipinski definition) is 2. The van der Waals surface area contributed by atoms with Crippen LogP contribution in [-0.4, -0.2) is 12.0 Å². The summed E-state index contributed by atoms with van der Waals surface area (Å²) in [5, 5.41) is 6.52. The maximum atomic E-state index is 4.51. The number of fused-ring (bicyclic) bond motifs is 1. The Morgan fingerprint density at radius 2 is 1.74 bits per heavy atom. The first-order valence-corrected chi connectivity index (χ1v) is 6.89. The molecule has 0 bridgehead atoms. The number of benzene rings is 1. The van der Waals surface area contributed by atoms with Gasteiger partial charge in [0, 0.05) is 12.7 Å². The monoisotopic (exact) mass is 253 g/mol. The van der Waals surface area contributed by atoms with Crippen molar-refractivity contribution in [2.45, 2.75) is 25.7 Å². The fourth-order valence-electron chi connectivity index (χ4n) is 2.68. The summed E-state index contributed by atoms with van der Waals surface area (Å²) in [5.41, 5.74) is 4.16. The van der Waals surface area contributed by atoms with E-state index in [0.717, 1.165) is 11.6 Å². The van der Waals surface area contributed by atoms with Gasteiger partial charge in [-0.3, -0.25) is 0 Å². The number of pyridine rings is 1. The molecule has 0 atom stereocenters. The summed E-state index contributed by atoms with van der Waals surface area (Å²) in [7, 11) is 1.89. The van der Waals surface area contributed by atoms with Crippen LogP contribution in [0.1, 0.15) is 24.0 Å². The summed E-state index contributed by atoms with van der Waals surface area (Å²) >= 11 is 0. The van der Waals surface area contributed by atoms with Gasteiger partial charge in [0.2, 0.25) is 0 Å². The number of nitrogens with zero attached hydrogens (tertiary/aromatic N) is 1. The molecular weight excluding hydrogens is 234 g/mol. The van der Waals surface area contributed by atoms with E-state index < -0.39 is 0 Å². The first kappa shape index (κ1) is 12.0. The van der Waals surface area contributed by atoms with Crippen LogP contribution in [0.4, 0.5) is 17.3 Å². The Kier molecular flexibility index (Phi) is 3.36. The molecule has 0 saturated heterocycles. The van der Waals surface area contributed by atoms with Crippen LogP contribution in [-0.2, 0) is 12.8 Å². The highest BCUT2D eigenvalue weighted by atomic mass is 15.1. The molecule has 3 nitrogen and oxygen atoms in total. The van der Waals surface area contributed by atoms with Crippen LogP contribution in [0, 0.1) is 0 Å². The highest BCUT2D eigenvalue weighted by molar-refractivity contribution is 5.64. The van der Waals surface area contributed by atoms with Gasteiger partial charge in [-0.15, -0.1) is 0 Å². The van der Waals surface area contributed by atoms with Crippen molar-refractivity contribution in [3.8, 4) is 0 Å². The Labute approximate surface area is 114 Å². The van der Waals surface area contributed by atoms with Crippen LogP contribution in [0.3, 0.4) is 0 Å². The van der Waals surface area contributed by atoms with Crippen LogP contribution in [0.2, 0.25) is 0 Å². The third kappa shape index (κ3) is 2.55. The van der Waals surface area contributed by atoms with Crippen molar-refractivity contribution in [3.63, 3.8) is 0 Å². The average molecular weight is 253 g/mol. The fraction of sp³-hybridized carbons (Fsp3) is 0.312. The van der Waals surface area contributed by atoms with Crippen LogP contribution in [0.25, 0.3) is 0 Å². The first-order valence-electron chi connectivity index (χ1n) is 6.89. The zero-order chi connectivity index (χ0) is 13.1. The molecule has 0 unspecified atom stereocenters. The van der Waals surface area contributed by atoms with E-state index in [1.165, 1.54) is 42.5 Å². The molecule has 0 amide bonds. The van der Waals surface area contributed by atoms with E-state index in [-0.39, 0.29) is 0 Å². The van der Waals surface area contributed by atoms with Crippen molar-refractivity contribution >= 4 is 17.3 Å². The van der Waals surface area contributed by atoms with Crippen molar-refractivity contribution in [2.75, 3.05) is 17.7 Å². The number of aryl methyl sites for hydroxylation is 1. The summed E-state index contributed by atoms with van der Waals surface area (Å²) in [4.78, 5) is 4.51. The molecule has 0 fully saturated rings. The Morgan fingerprint density at radius 1 is 0.947 bits per heavy atom. The molecule has 1 aliphatic rings. The van der Waals surface area contributed by atoms with E-state index in [1.54, 1.807) is 0 Å². The van der Waals surface area contributed by atoms with Gasteiger partial charge >= 0.3 is 0 Å². The molecule has 0 aliphatic heterocycles. The van der Waals surface area contributed by atoms with Crippen molar-refractivity contribution in [2.24, 2.45) is 0 Å². The molecule has 0 radical (unpaired) electrons. The number of rotatable bonds is 3. The normalized spacial score (nSPS) is 13.7. The minimum atomic E-state index is 0.884. The van der Waals surface area contributed by atoms with Crippen LogP contribution in [0.5, 0.6) is 0 Å². The molecule has 3 rings (SSSR count). The quantitative estimate of drug-likeness (QED) is 0.874. The summed E-state index contributed by atoms with van der Waals surface area (Å²) in [5.74, 6) is 1.78. The Hall–Kier alpha value is -2.03. The molecular formula is C16H19N3. The Bertz CT molecular complexity index is 578. The first-order chi connectivity index (χ1) is 9.36. The lowest BCUT2D eigenvalue weighted by molar-refractivity contribution is 0.687. The van der Waals surface area contributed by atoms with E-state index in [2.05, 4.69) is 33.8 Å². The minimum absolute atomic E-state index is 0.884. The second kappa shape index (κ2) is 5.31. The third-order valence-electron chi connectivity index (χ3n) is 3.66. The largest absolute Gasteiger partial charge is 0.373 e. The molecule has 1 aliphatic carbocycles. The smallest absolute Gasteiger partial charge is 0.132 e. The van der Waals surface area contributed by atoms with E-state index in [9.17, 15) is 0 Å². The minimum Gasteiger partial charge on any atom is -0.373 e. The number of anilines is 3. The van der Waals surface area contributed by atoms with Gasteiger partial charge in [-0.2, -0.15) is 0 Å². The van der Waals surface area contributed by atoms with E-state index in [4.69, 9.17) is 0 Å². The van der Waals surface area contributed by atoms with Crippen molar-refractivity contribution in [3.05, 3.63) is 47.5 Å². The maximum Gasteiger partial charge on any atom is 0.132 e. The molecule has 2 aromatic rings. The number of aromatic nitrogens is 1. The lowest BCUT2D eigenvalue weighted by Crippen LogP contribution is -2.06. The van der Waals surface area contributed by atoms with Gasteiger partial charge in [-0.05, 0) is 55.0 Å². The topological polar surface area (TPSA) is 37.0 Å². The Morgan fingerprint density at radius 3 is 2.63 bits per heavy atom. The predicted molar refractivity (Wildman–Crippen MR) is 80.2 cm³/mol. The van der Waals surface area contributed by atoms with E-state index in [1.807, 2.05) is 25.2 Å². The SMILES string of the molecule is CNc1cccc(Nc2cccc3c2CCCC3)n1. The van der Waals surface area contributed by atoms with Gasteiger partial charge in [0.25, 0.3) is 0 Å². The summed E-state index contributed by atoms with van der Waals surface area (Å²) in [6.07, 6.45) is 4.97. The molecule has 3 heteroatoms. The number of hydrogen-bond acceptors (Lipinski definition) is 3. The van der Waals surface area contributed by atoms with Crippen LogP contribution < -0.4 is 10.6 Å². The van der Waals surface area contributed by atoms with Crippen molar-refractivity contribution < 1.29 is 0 Å². The predicted octanol–water partition coefficient (Wildman–Crippen LogP) is 3.75. The highest BCUT2D eigenvalue weighted by Gasteiger charge is 2.13. The number of nitrogens with one attached hydrogen (secondary N) is 2. The molecule has 2 N–H and O–H groups in total. The molecule has 1 aromatic heterocycles. The molecule has 0 spiro atoms. The lowest BCUT2D eigenvalue weighted by Gasteiger charge is -2.20. The van der Waals surface area contributed by atoms with Crippen molar-refractivity contribution in [1.82, 2.24) is 4.98 Å². The third-order valence-corrected chi connectivity index (χ3v) is 3.66. The summed E-state index contributed by atoms with van der Waals surface area (Å²) in [6.45, 7) is 0. The van der Waals surface area contributed by atoms with Crippen LogP contribution >= 0.6 is 0 Å². The molecule has 98 valence electrons. The van der Waals surface area contributed by atoms with Gasteiger partial charge in [-0.1, -0.05) is 18.2 Å². The zero-order valence-corrected chi connectivity index (χ0v) is 11.2. The van der Waals surface area contributed by atoms with Crippen molar-refractivity contribution in [1.29, 1.82) is 0 Å². The second-order valence-corrected chi connectivity index (χ2v) is 4.93. The van der Waals surface area contributed by atoms with Gasteiger partial charge in [0.1, 0.15) is 11.6 Å². The van der Waals surface area contributed by atoms with Gasteiger partial charge in [0.05, 0.1) is 0 Å². The zero-order valence-electron chi connectivity index (χ0n) is 11.2. The van der Waals surface area contributed by atoms with Crippen LogP contribution in [0.15, 0.2) is 36.4 Å². The highest BCUT2D eigenvalue weighted by Crippen LogP contribution is 2.29. The fourth-order valence-corrected chi connectivity index (χ4v) is 2.68. The Balaban J connectivity index is 1.90. The lowest BCUT2D eigenvalue weighted by atomic mass is 9.90.